The molecule has 114 valence electrons. The molecule has 0 bridgehead atoms. The Morgan fingerprint density at radius 1 is 1.29 bits per heavy atom. The number of hydrogen-bond donors (Lipinski definition) is 2. The maximum Gasteiger partial charge on any atom is 0.223 e. The lowest BCUT2D eigenvalue weighted by Crippen LogP contribution is -2.40. The summed E-state index contributed by atoms with van der Waals surface area (Å²) in [4.78, 5) is 13.6. The van der Waals surface area contributed by atoms with Gasteiger partial charge in [0.1, 0.15) is 0 Å². The summed E-state index contributed by atoms with van der Waals surface area (Å²) in [6.07, 6.45) is 6.39. The second-order valence-corrected chi connectivity index (χ2v) is 7.98. The van der Waals surface area contributed by atoms with Crippen LogP contribution in [-0.2, 0) is 4.79 Å². The molecule has 2 saturated carbocycles. The zero-order valence-corrected chi connectivity index (χ0v) is 13.2. The average Bonchev–Trinajstić information content (AvgIpc) is 3.26. The molecule has 3 N–H and O–H groups in total. The Balaban J connectivity index is 1.49. The molecule has 0 heterocycles. The molecule has 1 aromatic rings. The van der Waals surface area contributed by atoms with Crippen LogP contribution in [0.25, 0.3) is 0 Å². The van der Waals surface area contributed by atoms with Gasteiger partial charge in [0.25, 0.3) is 0 Å². The lowest BCUT2D eigenvalue weighted by atomic mass is 9.85. The summed E-state index contributed by atoms with van der Waals surface area (Å²) in [7, 11) is 0. The van der Waals surface area contributed by atoms with Crippen LogP contribution in [0.1, 0.15) is 38.5 Å². The first kappa shape index (κ1) is 14.9. The predicted molar refractivity (Wildman–Crippen MR) is 87.2 cm³/mol. The first-order valence-electron chi connectivity index (χ1n) is 7.94. The second kappa shape index (κ2) is 6.41. The minimum Gasteiger partial charge on any atom is -0.354 e. The molecule has 1 aromatic carbocycles. The molecule has 2 atom stereocenters. The normalized spacial score (nSPS) is 27.1. The van der Waals surface area contributed by atoms with Crippen LogP contribution in [0, 0.1) is 5.92 Å². The Labute approximate surface area is 131 Å². The van der Waals surface area contributed by atoms with Crippen molar-refractivity contribution in [3.05, 3.63) is 30.3 Å². The van der Waals surface area contributed by atoms with Gasteiger partial charge in [-0.1, -0.05) is 24.6 Å². The van der Waals surface area contributed by atoms with Gasteiger partial charge in [-0.05, 0) is 44.2 Å². The Morgan fingerprint density at radius 3 is 2.71 bits per heavy atom. The third kappa shape index (κ3) is 4.01. The van der Waals surface area contributed by atoms with E-state index in [1.54, 1.807) is 0 Å². The van der Waals surface area contributed by atoms with Gasteiger partial charge in [0.05, 0.1) is 0 Å². The molecule has 3 rings (SSSR count). The van der Waals surface area contributed by atoms with E-state index in [-0.39, 0.29) is 22.6 Å². The number of carbonyl (C=O) groups excluding carboxylic acids is 1. The van der Waals surface area contributed by atoms with Crippen molar-refractivity contribution in [2.75, 3.05) is 6.54 Å². The lowest BCUT2D eigenvalue weighted by molar-refractivity contribution is -0.126. The van der Waals surface area contributed by atoms with Gasteiger partial charge in [0, 0.05) is 28.1 Å². The molecule has 2 aliphatic carbocycles. The van der Waals surface area contributed by atoms with Crippen LogP contribution < -0.4 is 11.1 Å². The van der Waals surface area contributed by atoms with Crippen LogP contribution in [0.4, 0.5) is 0 Å². The summed E-state index contributed by atoms with van der Waals surface area (Å²) in [5.41, 5.74) is 5.98. The minimum atomic E-state index is 0.131. The van der Waals surface area contributed by atoms with Gasteiger partial charge in [-0.2, -0.15) is 0 Å². The van der Waals surface area contributed by atoms with Crippen molar-refractivity contribution in [3.63, 3.8) is 0 Å². The number of benzene rings is 1. The molecular formula is C17H24N2OS. The smallest absolute Gasteiger partial charge is 0.223 e. The average molecular weight is 304 g/mol. The SMILES string of the molecule is NC1CCCC(C(=O)NCC2(Sc3ccccc3)CC2)C1. The van der Waals surface area contributed by atoms with Crippen LogP contribution in [0.3, 0.4) is 0 Å². The number of nitrogens with one attached hydrogen (secondary N) is 1. The summed E-state index contributed by atoms with van der Waals surface area (Å²) >= 11 is 1.91. The topological polar surface area (TPSA) is 55.1 Å². The molecule has 2 unspecified atom stereocenters. The number of amides is 1. The highest BCUT2D eigenvalue weighted by atomic mass is 32.2. The molecule has 2 aliphatic rings. The third-order valence-corrected chi connectivity index (χ3v) is 6.05. The van der Waals surface area contributed by atoms with E-state index >= 15 is 0 Å². The Hall–Kier alpha value is -1.00. The number of hydrogen-bond acceptors (Lipinski definition) is 3. The van der Waals surface area contributed by atoms with Crippen molar-refractivity contribution in [2.45, 2.75) is 54.2 Å². The van der Waals surface area contributed by atoms with Gasteiger partial charge >= 0.3 is 0 Å². The molecule has 1 amide bonds. The molecule has 2 fully saturated rings. The standard InChI is InChI=1S/C17H24N2OS/c18-14-6-4-5-13(11-14)16(20)19-12-17(9-10-17)21-15-7-2-1-3-8-15/h1-3,7-8,13-14H,4-6,9-12,18H2,(H,19,20). The monoisotopic (exact) mass is 304 g/mol. The van der Waals surface area contributed by atoms with E-state index in [2.05, 4.69) is 29.6 Å². The molecule has 0 spiro atoms. The third-order valence-electron chi connectivity index (χ3n) is 4.56. The van der Waals surface area contributed by atoms with E-state index in [0.717, 1.165) is 32.2 Å². The fourth-order valence-corrected chi connectivity index (χ4v) is 4.29. The van der Waals surface area contributed by atoms with Crippen molar-refractivity contribution < 1.29 is 4.79 Å². The molecule has 21 heavy (non-hydrogen) atoms. The Kier molecular flexibility index (Phi) is 4.55. The van der Waals surface area contributed by atoms with Gasteiger partial charge in [-0.15, -0.1) is 11.8 Å². The van der Waals surface area contributed by atoms with Crippen LogP contribution in [0.2, 0.25) is 0 Å². The first-order chi connectivity index (χ1) is 10.2. The summed E-state index contributed by atoms with van der Waals surface area (Å²) in [6.45, 7) is 0.789. The molecule has 0 aliphatic heterocycles. The van der Waals surface area contributed by atoms with E-state index in [1.165, 1.54) is 17.7 Å². The van der Waals surface area contributed by atoms with Gasteiger partial charge in [0.2, 0.25) is 5.91 Å². The second-order valence-electron chi connectivity index (χ2n) is 6.44. The van der Waals surface area contributed by atoms with Crippen molar-refractivity contribution >= 4 is 17.7 Å². The summed E-state index contributed by atoms with van der Waals surface area (Å²) in [6, 6.07) is 10.7. The lowest BCUT2D eigenvalue weighted by Gasteiger charge is -2.26. The van der Waals surface area contributed by atoms with E-state index in [4.69, 9.17) is 5.73 Å². The zero-order valence-electron chi connectivity index (χ0n) is 12.4. The van der Waals surface area contributed by atoms with Crippen molar-refractivity contribution in [1.29, 1.82) is 0 Å². The number of nitrogens with two attached hydrogens (primary N) is 1. The fraction of sp³-hybridized carbons (Fsp3) is 0.588. The molecular weight excluding hydrogens is 280 g/mol. The van der Waals surface area contributed by atoms with E-state index in [1.807, 2.05) is 17.8 Å². The van der Waals surface area contributed by atoms with E-state index in [0.29, 0.717) is 0 Å². The highest BCUT2D eigenvalue weighted by Gasteiger charge is 2.44. The van der Waals surface area contributed by atoms with E-state index < -0.39 is 0 Å². The fourth-order valence-electron chi connectivity index (χ4n) is 3.05. The van der Waals surface area contributed by atoms with Crippen LogP contribution in [-0.4, -0.2) is 23.2 Å². The van der Waals surface area contributed by atoms with Crippen LogP contribution in [0.5, 0.6) is 0 Å². The van der Waals surface area contributed by atoms with E-state index in [9.17, 15) is 4.79 Å². The van der Waals surface area contributed by atoms with Crippen molar-refractivity contribution in [1.82, 2.24) is 5.32 Å². The summed E-state index contributed by atoms with van der Waals surface area (Å²) < 4.78 is 0.230. The Bertz CT molecular complexity index is 487. The van der Waals surface area contributed by atoms with Gasteiger partial charge < -0.3 is 11.1 Å². The van der Waals surface area contributed by atoms with Gasteiger partial charge in [0.15, 0.2) is 0 Å². The maximum atomic E-state index is 12.3. The molecule has 0 aromatic heterocycles. The van der Waals surface area contributed by atoms with Crippen LogP contribution in [0.15, 0.2) is 35.2 Å². The molecule has 3 nitrogen and oxygen atoms in total. The largest absolute Gasteiger partial charge is 0.354 e. The van der Waals surface area contributed by atoms with Gasteiger partial charge in [-0.25, -0.2) is 0 Å². The highest BCUT2D eigenvalue weighted by molar-refractivity contribution is 8.01. The number of carbonyl (C=O) groups is 1. The van der Waals surface area contributed by atoms with Crippen molar-refractivity contribution in [3.8, 4) is 0 Å². The first-order valence-corrected chi connectivity index (χ1v) is 8.76. The number of thioether (sulfide) groups is 1. The molecule has 0 radical (unpaired) electrons. The van der Waals surface area contributed by atoms with Crippen LogP contribution >= 0.6 is 11.8 Å². The van der Waals surface area contributed by atoms with Crippen molar-refractivity contribution in [2.24, 2.45) is 11.7 Å². The predicted octanol–water partition coefficient (Wildman–Crippen LogP) is 2.95. The maximum absolute atomic E-state index is 12.3. The minimum absolute atomic E-state index is 0.131. The highest BCUT2D eigenvalue weighted by Crippen LogP contribution is 2.51. The molecule has 4 heteroatoms. The summed E-state index contributed by atoms with van der Waals surface area (Å²) in [5.74, 6) is 0.344. The summed E-state index contributed by atoms with van der Waals surface area (Å²) in [5, 5.41) is 3.18. The Morgan fingerprint density at radius 2 is 2.05 bits per heavy atom. The quantitative estimate of drug-likeness (QED) is 0.879. The zero-order chi connectivity index (χ0) is 14.7. The van der Waals surface area contributed by atoms with Gasteiger partial charge in [-0.3, -0.25) is 4.79 Å². The molecule has 0 saturated heterocycles. The number of rotatable bonds is 5.